The van der Waals surface area contributed by atoms with E-state index < -0.39 is 0 Å². The zero-order valence-corrected chi connectivity index (χ0v) is 13.4. The number of benzene rings is 1. The number of amides is 1. The summed E-state index contributed by atoms with van der Waals surface area (Å²) in [5.74, 6) is -0.0854. The first-order valence-corrected chi connectivity index (χ1v) is 8.53. The van der Waals surface area contributed by atoms with Gasteiger partial charge in [-0.1, -0.05) is 18.2 Å². The van der Waals surface area contributed by atoms with Crippen LogP contribution in [-0.2, 0) is 4.74 Å². The summed E-state index contributed by atoms with van der Waals surface area (Å²) in [4.78, 5) is 13.1. The number of fused-ring (bicyclic) bond motifs is 1. The van der Waals surface area contributed by atoms with Crippen LogP contribution in [0.15, 0.2) is 42.7 Å². The highest BCUT2D eigenvalue weighted by Crippen LogP contribution is 2.26. The van der Waals surface area contributed by atoms with E-state index in [1.54, 1.807) is 6.20 Å². The van der Waals surface area contributed by atoms with Crippen LogP contribution in [0.1, 0.15) is 28.6 Å². The Balaban J connectivity index is 1.49. The van der Waals surface area contributed by atoms with Crippen molar-refractivity contribution < 1.29 is 9.53 Å². The molecule has 1 amide bonds. The number of aromatic nitrogens is 2. The lowest BCUT2D eigenvalue weighted by molar-refractivity contribution is 0.0662. The SMILES string of the molecule is O=C(Nc1cnn(C2CCOCC2)c1)c1cc2ccccc2s1. The summed E-state index contributed by atoms with van der Waals surface area (Å²) in [5.41, 5.74) is 0.735. The van der Waals surface area contributed by atoms with Gasteiger partial charge >= 0.3 is 0 Å². The van der Waals surface area contributed by atoms with Gasteiger partial charge in [-0.3, -0.25) is 9.48 Å². The number of ether oxygens (including phenoxy) is 1. The number of nitrogens with one attached hydrogen (secondary N) is 1. The second-order valence-electron chi connectivity index (χ2n) is 5.66. The van der Waals surface area contributed by atoms with Gasteiger partial charge < -0.3 is 10.1 Å². The van der Waals surface area contributed by atoms with Crippen LogP contribution in [0, 0.1) is 0 Å². The number of rotatable bonds is 3. The first kappa shape index (κ1) is 14.4. The molecule has 1 aromatic carbocycles. The maximum absolute atomic E-state index is 12.4. The fourth-order valence-corrected chi connectivity index (χ4v) is 3.80. The second kappa shape index (κ2) is 6.14. The molecule has 1 fully saturated rings. The van der Waals surface area contributed by atoms with Crippen LogP contribution in [0.3, 0.4) is 0 Å². The number of thiophene rings is 1. The van der Waals surface area contributed by atoms with Crippen LogP contribution in [0.5, 0.6) is 0 Å². The second-order valence-corrected chi connectivity index (χ2v) is 6.74. The number of carbonyl (C=O) groups excluding carboxylic acids is 1. The first-order valence-electron chi connectivity index (χ1n) is 7.71. The van der Waals surface area contributed by atoms with Crippen molar-refractivity contribution in [1.29, 1.82) is 0 Å². The Morgan fingerprint density at radius 2 is 2.13 bits per heavy atom. The molecule has 1 aliphatic rings. The standard InChI is InChI=1S/C17H17N3O2S/c21-17(16-9-12-3-1-2-4-15(12)23-16)19-13-10-18-20(11-13)14-5-7-22-8-6-14/h1-4,9-11,14H,5-8H2,(H,19,21). The van der Waals surface area contributed by atoms with Crippen LogP contribution in [0.2, 0.25) is 0 Å². The molecule has 0 spiro atoms. The molecule has 2 aromatic heterocycles. The van der Waals surface area contributed by atoms with Crippen LogP contribution >= 0.6 is 11.3 Å². The first-order chi connectivity index (χ1) is 11.3. The predicted octanol–water partition coefficient (Wildman–Crippen LogP) is 3.70. The van der Waals surface area contributed by atoms with E-state index in [0.29, 0.717) is 10.9 Å². The van der Waals surface area contributed by atoms with Gasteiger partial charge in [-0.2, -0.15) is 5.10 Å². The zero-order chi connectivity index (χ0) is 15.6. The molecule has 0 atom stereocenters. The van der Waals surface area contributed by atoms with Crippen molar-refractivity contribution in [3.8, 4) is 0 Å². The molecular weight excluding hydrogens is 310 g/mol. The van der Waals surface area contributed by atoms with Gasteiger partial charge in [-0.05, 0) is 30.4 Å². The smallest absolute Gasteiger partial charge is 0.265 e. The van der Waals surface area contributed by atoms with E-state index in [4.69, 9.17) is 4.74 Å². The van der Waals surface area contributed by atoms with Gasteiger partial charge in [0, 0.05) is 24.1 Å². The van der Waals surface area contributed by atoms with Crippen molar-refractivity contribution in [2.24, 2.45) is 0 Å². The third kappa shape index (κ3) is 3.00. The molecule has 0 unspecified atom stereocenters. The lowest BCUT2D eigenvalue weighted by atomic mass is 10.1. The molecule has 1 aliphatic heterocycles. The maximum atomic E-state index is 12.4. The molecule has 0 bridgehead atoms. The maximum Gasteiger partial charge on any atom is 0.265 e. The molecule has 6 heteroatoms. The van der Waals surface area contributed by atoms with E-state index in [-0.39, 0.29) is 5.91 Å². The third-order valence-electron chi connectivity index (χ3n) is 4.07. The van der Waals surface area contributed by atoms with Crippen molar-refractivity contribution in [2.75, 3.05) is 18.5 Å². The molecule has 118 valence electrons. The molecule has 1 saturated heterocycles. The van der Waals surface area contributed by atoms with Gasteiger partial charge in [0.25, 0.3) is 5.91 Å². The number of hydrogen-bond acceptors (Lipinski definition) is 4. The summed E-state index contributed by atoms with van der Waals surface area (Å²) in [6.45, 7) is 1.54. The minimum atomic E-state index is -0.0854. The van der Waals surface area contributed by atoms with Crippen molar-refractivity contribution >= 4 is 33.0 Å². The topological polar surface area (TPSA) is 56.2 Å². The molecule has 3 heterocycles. The Morgan fingerprint density at radius 3 is 2.96 bits per heavy atom. The Hall–Kier alpha value is -2.18. The Bertz CT molecular complexity index is 800. The third-order valence-corrected chi connectivity index (χ3v) is 5.19. The summed E-state index contributed by atoms with van der Waals surface area (Å²) < 4.78 is 8.42. The van der Waals surface area contributed by atoms with Crippen molar-refractivity contribution in [3.05, 3.63) is 47.6 Å². The van der Waals surface area contributed by atoms with Gasteiger partial charge in [-0.15, -0.1) is 11.3 Å². The van der Waals surface area contributed by atoms with Crippen molar-refractivity contribution in [1.82, 2.24) is 9.78 Å². The average molecular weight is 327 g/mol. The summed E-state index contributed by atoms with van der Waals surface area (Å²) >= 11 is 1.50. The highest BCUT2D eigenvalue weighted by molar-refractivity contribution is 7.20. The minimum Gasteiger partial charge on any atom is -0.381 e. The minimum absolute atomic E-state index is 0.0854. The van der Waals surface area contributed by atoms with E-state index in [9.17, 15) is 4.79 Å². The highest BCUT2D eigenvalue weighted by Gasteiger charge is 2.17. The highest BCUT2D eigenvalue weighted by atomic mass is 32.1. The Labute approximate surface area is 137 Å². The van der Waals surface area contributed by atoms with Crippen LogP contribution in [-0.4, -0.2) is 28.9 Å². The number of nitrogens with zero attached hydrogens (tertiary/aromatic N) is 2. The van der Waals surface area contributed by atoms with Gasteiger partial charge in [0.15, 0.2) is 0 Å². The molecule has 1 N–H and O–H groups in total. The monoisotopic (exact) mass is 327 g/mol. The summed E-state index contributed by atoms with van der Waals surface area (Å²) in [6.07, 6.45) is 5.54. The van der Waals surface area contributed by atoms with Crippen LogP contribution in [0.25, 0.3) is 10.1 Å². The van der Waals surface area contributed by atoms with Crippen LogP contribution in [0.4, 0.5) is 5.69 Å². The lowest BCUT2D eigenvalue weighted by Gasteiger charge is -2.22. The van der Waals surface area contributed by atoms with Crippen molar-refractivity contribution in [2.45, 2.75) is 18.9 Å². The van der Waals surface area contributed by atoms with E-state index in [2.05, 4.69) is 10.4 Å². The number of anilines is 1. The fourth-order valence-electron chi connectivity index (χ4n) is 2.84. The summed E-state index contributed by atoms with van der Waals surface area (Å²) in [5, 5.41) is 8.41. The van der Waals surface area contributed by atoms with E-state index in [1.807, 2.05) is 41.2 Å². The van der Waals surface area contributed by atoms with Gasteiger partial charge in [0.05, 0.1) is 22.8 Å². The van der Waals surface area contributed by atoms with Gasteiger partial charge in [0.1, 0.15) is 0 Å². The number of hydrogen-bond donors (Lipinski definition) is 1. The Morgan fingerprint density at radius 1 is 1.30 bits per heavy atom. The lowest BCUT2D eigenvalue weighted by Crippen LogP contribution is -2.19. The van der Waals surface area contributed by atoms with E-state index in [0.717, 1.165) is 41.8 Å². The molecule has 5 nitrogen and oxygen atoms in total. The average Bonchev–Trinajstić information content (AvgIpc) is 3.22. The van der Waals surface area contributed by atoms with Crippen LogP contribution < -0.4 is 5.32 Å². The van der Waals surface area contributed by atoms with Gasteiger partial charge in [0.2, 0.25) is 0 Å². The quantitative estimate of drug-likeness (QED) is 0.798. The summed E-state index contributed by atoms with van der Waals surface area (Å²) in [7, 11) is 0. The number of carbonyl (C=O) groups is 1. The molecule has 0 aliphatic carbocycles. The van der Waals surface area contributed by atoms with Crippen molar-refractivity contribution in [3.63, 3.8) is 0 Å². The van der Waals surface area contributed by atoms with Gasteiger partial charge in [-0.25, -0.2) is 0 Å². The normalized spacial score (nSPS) is 15.8. The predicted molar refractivity (Wildman–Crippen MR) is 91.1 cm³/mol. The van der Waals surface area contributed by atoms with E-state index >= 15 is 0 Å². The van der Waals surface area contributed by atoms with E-state index in [1.165, 1.54) is 11.3 Å². The molecule has 4 rings (SSSR count). The summed E-state index contributed by atoms with van der Waals surface area (Å²) in [6, 6.07) is 10.3. The zero-order valence-electron chi connectivity index (χ0n) is 12.6. The molecule has 3 aromatic rings. The molecule has 23 heavy (non-hydrogen) atoms. The molecule has 0 radical (unpaired) electrons. The molecular formula is C17H17N3O2S. The molecule has 0 saturated carbocycles. The fraction of sp³-hybridized carbons (Fsp3) is 0.294. The largest absolute Gasteiger partial charge is 0.381 e. The Kier molecular flexibility index (Phi) is 3.85.